The van der Waals surface area contributed by atoms with Gasteiger partial charge in [-0.3, -0.25) is 9.59 Å². The van der Waals surface area contributed by atoms with E-state index in [-0.39, 0.29) is 17.4 Å². The smallest absolute Gasteiger partial charge is 0.234 e. The van der Waals surface area contributed by atoms with Crippen LogP contribution in [0, 0.1) is 5.92 Å². The predicted octanol–water partition coefficient (Wildman–Crippen LogP) is 1.77. The Morgan fingerprint density at radius 1 is 1.33 bits per heavy atom. The van der Waals surface area contributed by atoms with Gasteiger partial charge in [0.2, 0.25) is 11.8 Å². The lowest BCUT2D eigenvalue weighted by Gasteiger charge is -2.08. The number of primary amides is 1. The fourth-order valence-electron chi connectivity index (χ4n) is 1.81. The van der Waals surface area contributed by atoms with Crippen LogP contribution in [-0.2, 0) is 20.9 Å². The van der Waals surface area contributed by atoms with E-state index in [2.05, 4.69) is 5.32 Å². The van der Waals surface area contributed by atoms with E-state index in [4.69, 9.17) is 10.5 Å². The number of hydrogen-bond donors (Lipinski definition) is 2. The van der Waals surface area contributed by atoms with Gasteiger partial charge in [-0.05, 0) is 36.5 Å². The molecule has 0 atom stereocenters. The van der Waals surface area contributed by atoms with Crippen LogP contribution >= 0.6 is 11.8 Å². The first-order chi connectivity index (χ1) is 10.1. The Labute approximate surface area is 128 Å². The van der Waals surface area contributed by atoms with Crippen molar-refractivity contribution >= 4 is 29.3 Å². The van der Waals surface area contributed by atoms with E-state index in [1.807, 2.05) is 24.3 Å². The van der Waals surface area contributed by atoms with Crippen molar-refractivity contribution in [3.8, 4) is 0 Å². The summed E-state index contributed by atoms with van der Waals surface area (Å²) in [5.41, 5.74) is 6.80. The second kappa shape index (κ2) is 8.05. The van der Waals surface area contributed by atoms with Gasteiger partial charge in [-0.1, -0.05) is 12.1 Å². The summed E-state index contributed by atoms with van der Waals surface area (Å²) in [5, 5.41) is 2.80. The van der Waals surface area contributed by atoms with E-state index in [1.165, 1.54) is 24.6 Å². The van der Waals surface area contributed by atoms with Gasteiger partial charge in [0.1, 0.15) is 0 Å². The van der Waals surface area contributed by atoms with Crippen LogP contribution in [0.15, 0.2) is 24.3 Å². The number of nitrogens with one attached hydrogen (secondary N) is 1. The topological polar surface area (TPSA) is 81.4 Å². The van der Waals surface area contributed by atoms with Crippen LogP contribution < -0.4 is 11.1 Å². The Bertz CT molecular complexity index is 503. The van der Waals surface area contributed by atoms with Gasteiger partial charge in [-0.25, -0.2) is 0 Å². The van der Waals surface area contributed by atoms with Crippen molar-refractivity contribution in [3.63, 3.8) is 0 Å². The lowest BCUT2D eigenvalue weighted by molar-refractivity contribution is -0.115. The van der Waals surface area contributed by atoms with E-state index in [1.54, 1.807) is 0 Å². The Morgan fingerprint density at radius 2 is 2.14 bits per heavy atom. The quantitative estimate of drug-likeness (QED) is 0.728. The van der Waals surface area contributed by atoms with Gasteiger partial charge < -0.3 is 15.8 Å². The molecule has 1 aliphatic rings. The highest BCUT2D eigenvalue weighted by atomic mass is 32.2. The molecule has 21 heavy (non-hydrogen) atoms. The average Bonchev–Trinajstić information content (AvgIpc) is 3.23. The van der Waals surface area contributed by atoms with Crippen LogP contribution in [0.2, 0.25) is 0 Å². The fraction of sp³-hybridized carbons (Fsp3) is 0.467. The van der Waals surface area contributed by atoms with Crippen LogP contribution in [0.25, 0.3) is 0 Å². The lowest BCUT2D eigenvalue weighted by atomic mass is 10.2. The Morgan fingerprint density at radius 3 is 2.86 bits per heavy atom. The summed E-state index contributed by atoms with van der Waals surface area (Å²) in [4.78, 5) is 22.3. The highest BCUT2D eigenvalue weighted by Crippen LogP contribution is 2.29. The van der Waals surface area contributed by atoms with Gasteiger partial charge in [0.25, 0.3) is 0 Å². The van der Waals surface area contributed by atoms with Gasteiger partial charge >= 0.3 is 0 Å². The van der Waals surface area contributed by atoms with E-state index < -0.39 is 5.91 Å². The second-order valence-electron chi connectivity index (χ2n) is 5.17. The largest absolute Gasteiger partial charge is 0.376 e. The number of carbonyl (C=O) groups excluding carboxylic acids is 2. The van der Waals surface area contributed by atoms with E-state index in [0.717, 1.165) is 23.8 Å². The molecule has 114 valence electrons. The van der Waals surface area contributed by atoms with E-state index in [0.29, 0.717) is 6.61 Å². The zero-order valence-electron chi connectivity index (χ0n) is 11.8. The second-order valence-corrected chi connectivity index (χ2v) is 6.15. The van der Waals surface area contributed by atoms with E-state index in [9.17, 15) is 9.59 Å². The van der Waals surface area contributed by atoms with Crippen LogP contribution in [0.3, 0.4) is 0 Å². The van der Waals surface area contributed by atoms with Crippen LogP contribution in [0.5, 0.6) is 0 Å². The Kier molecular flexibility index (Phi) is 6.07. The highest BCUT2D eigenvalue weighted by molar-refractivity contribution is 8.00. The first-order valence-corrected chi connectivity index (χ1v) is 8.11. The van der Waals surface area contributed by atoms with Gasteiger partial charge in [0.15, 0.2) is 0 Å². The number of thioether (sulfide) groups is 1. The first-order valence-electron chi connectivity index (χ1n) is 6.96. The third kappa shape index (κ3) is 6.64. The third-order valence-electron chi connectivity index (χ3n) is 3.01. The molecular formula is C15H20N2O3S. The lowest BCUT2D eigenvalue weighted by Crippen LogP contribution is -2.18. The predicted molar refractivity (Wildman–Crippen MR) is 84.0 cm³/mol. The molecule has 0 bridgehead atoms. The molecule has 1 aliphatic carbocycles. The molecule has 0 spiro atoms. The maximum absolute atomic E-state index is 11.7. The minimum atomic E-state index is -0.414. The molecule has 1 fully saturated rings. The van der Waals surface area contributed by atoms with Crippen LogP contribution in [0.4, 0.5) is 5.69 Å². The summed E-state index contributed by atoms with van der Waals surface area (Å²) in [7, 11) is 0. The summed E-state index contributed by atoms with van der Waals surface area (Å²) < 4.78 is 5.63. The number of nitrogens with two attached hydrogens (primary N) is 1. The minimum absolute atomic E-state index is 0.141. The number of carbonyl (C=O) groups is 2. The zero-order valence-corrected chi connectivity index (χ0v) is 12.7. The zero-order chi connectivity index (χ0) is 15.1. The molecular weight excluding hydrogens is 288 g/mol. The molecule has 6 heteroatoms. The Balaban J connectivity index is 1.73. The highest BCUT2D eigenvalue weighted by Gasteiger charge is 2.20. The molecule has 3 N–H and O–H groups in total. The Hall–Kier alpha value is -1.53. The van der Waals surface area contributed by atoms with Crippen molar-refractivity contribution in [3.05, 3.63) is 29.8 Å². The van der Waals surface area contributed by atoms with Crippen LogP contribution in [-0.4, -0.2) is 29.9 Å². The maximum atomic E-state index is 11.7. The summed E-state index contributed by atoms with van der Waals surface area (Å²) in [6, 6.07) is 7.61. The molecule has 1 saturated carbocycles. The molecule has 2 rings (SSSR count). The monoisotopic (exact) mass is 308 g/mol. The molecule has 2 amide bonds. The standard InChI is InChI=1S/C15H20N2O3S/c16-14(18)9-21-10-15(19)17-13-3-1-2-12(6-13)8-20-7-11-4-5-11/h1-3,6,11H,4-5,7-10H2,(H2,16,18)(H,17,19). The summed E-state index contributed by atoms with van der Waals surface area (Å²) >= 11 is 1.21. The molecule has 0 aromatic heterocycles. The summed E-state index contributed by atoms with van der Waals surface area (Å²) in [5.74, 6) is 0.559. The molecule has 1 aromatic carbocycles. The van der Waals surface area contributed by atoms with Gasteiger partial charge in [-0.2, -0.15) is 0 Å². The molecule has 0 saturated heterocycles. The third-order valence-corrected chi connectivity index (χ3v) is 3.96. The van der Waals surface area contributed by atoms with Gasteiger partial charge in [0.05, 0.1) is 18.1 Å². The number of amides is 2. The number of benzene rings is 1. The van der Waals surface area contributed by atoms with Crippen molar-refractivity contribution in [1.82, 2.24) is 0 Å². The molecule has 1 aromatic rings. The molecule has 0 radical (unpaired) electrons. The molecule has 0 heterocycles. The minimum Gasteiger partial charge on any atom is -0.376 e. The molecule has 0 aliphatic heterocycles. The van der Waals surface area contributed by atoms with Gasteiger partial charge in [-0.15, -0.1) is 11.8 Å². The summed E-state index contributed by atoms with van der Waals surface area (Å²) in [6.45, 7) is 1.39. The first kappa shape index (κ1) is 15.9. The van der Waals surface area contributed by atoms with Gasteiger partial charge in [0, 0.05) is 12.3 Å². The van der Waals surface area contributed by atoms with Crippen molar-refractivity contribution in [2.75, 3.05) is 23.4 Å². The molecule has 5 nitrogen and oxygen atoms in total. The van der Waals surface area contributed by atoms with Crippen molar-refractivity contribution in [2.24, 2.45) is 11.7 Å². The maximum Gasteiger partial charge on any atom is 0.234 e. The van der Waals surface area contributed by atoms with Crippen molar-refractivity contribution < 1.29 is 14.3 Å². The fourth-order valence-corrected chi connectivity index (χ4v) is 2.37. The SMILES string of the molecule is NC(=O)CSCC(=O)Nc1cccc(COCC2CC2)c1. The molecule has 0 unspecified atom stereocenters. The number of ether oxygens (including phenoxy) is 1. The van der Waals surface area contributed by atoms with E-state index >= 15 is 0 Å². The average molecular weight is 308 g/mol. The number of hydrogen-bond acceptors (Lipinski definition) is 4. The number of rotatable bonds is 9. The summed E-state index contributed by atoms with van der Waals surface area (Å²) in [6.07, 6.45) is 2.55. The van der Waals surface area contributed by atoms with Crippen LogP contribution in [0.1, 0.15) is 18.4 Å². The normalized spacial score (nSPS) is 13.9. The van der Waals surface area contributed by atoms with Crippen molar-refractivity contribution in [1.29, 1.82) is 0 Å². The number of anilines is 1. The van der Waals surface area contributed by atoms with Crippen molar-refractivity contribution in [2.45, 2.75) is 19.4 Å².